The van der Waals surface area contributed by atoms with Gasteiger partial charge in [0, 0.05) is 17.0 Å². The smallest absolute Gasteiger partial charge is 0.152 e. The van der Waals surface area contributed by atoms with Gasteiger partial charge in [-0.15, -0.1) is 0 Å². The van der Waals surface area contributed by atoms with Crippen LogP contribution in [0, 0.1) is 0 Å². The molecule has 0 unspecified atom stereocenters. The van der Waals surface area contributed by atoms with Crippen molar-refractivity contribution >= 4 is 39.5 Å². The van der Waals surface area contributed by atoms with Gasteiger partial charge in [-0.2, -0.15) is 5.10 Å². The Morgan fingerprint density at radius 3 is 2.80 bits per heavy atom. The highest BCUT2D eigenvalue weighted by molar-refractivity contribution is 8.38. The van der Waals surface area contributed by atoms with Gasteiger partial charge in [0.25, 0.3) is 0 Å². The SMILES string of the molecule is Clc1ccc(CSC2=NN[C@@H](c3ccccn3)S2)cc1. The van der Waals surface area contributed by atoms with Crippen molar-refractivity contribution in [3.8, 4) is 0 Å². The Morgan fingerprint density at radius 1 is 1.20 bits per heavy atom. The number of rotatable bonds is 3. The summed E-state index contributed by atoms with van der Waals surface area (Å²) in [7, 11) is 0. The average molecular weight is 322 g/mol. The second-order valence-electron chi connectivity index (χ2n) is 4.17. The number of pyridine rings is 1. The van der Waals surface area contributed by atoms with Crippen molar-refractivity contribution in [2.45, 2.75) is 11.1 Å². The Kier molecular flexibility index (Phi) is 4.50. The zero-order valence-electron chi connectivity index (χ0n) is 10.5. The van der Waals surface area contributed by atoms with E-state index in [1.165, 1.54) is 5.56 Å². The lowest BCUT2D eigenvalue weighted by atomic mass is 10.2. The molecule has 1 N–H and O–H groups in total. The number of nitrogens with one attached hydrogen (secondary N) is 1. The van der Waals surface area contributed by atoms with Crippen LogP contribution in [-0.4, -0.2) is 9.36 Å². The lowest BCUT2D eigenvalue weighted by Crippen LogP contribution is -2.07. The van der Waals surface area contributed by atoms with Crippen LogP contribution in [-0.2, 0) is 5.75 Å². The molecule has 0 fully saturated rings. The molecule has 1 atom stereocenters. The van der Waals surface area contributed by atoms with Crippen LogP contribution in [0.2, 0.25) is 5.02 Å². The van der Waals surface area contributed by atoms with Crippen LogP contribution >= 0.6 is 35.1 Å². The van der Waals surface area contributed by atoms with Crippen molar-refractivity contribution in [3.63, 3.8) is 0 Å². The van der Waals surface area contributed by atoms with E-state index in [0.29, 0.717) is 0 Å². The van der Waals surface area contributed by atoms with E-state index in [1.54, 1.807) is 29.7 Å². The molecule has 6 heteroatoms. The van der Waals surface area contributed by atoms with E-state index in [0.717, 1.165) is 20.8 Å². The van der Waals surface area contributed by atoms with E-state index in [9.17, 15) is 0 Å². The van der Waals surface area contributed by atoms with E-state index in [1.807, 2.05) is 42.5 Å². The van der Waals surface area contributed by atoms with Crippen LogP contribution in [0.3, 0.4) is 0 Å². The molecule has 0 radical (unpaired) electrons. The molecule has 2 aromatic rings. The first-order valence-corrected chi connectivity index (χ1v) is 8.33. The van der Waals surface area contributed by atoms with E-state index < -0.39 is 0 Å². The zero-order valence-corrected chi connectivity index (χ0v) is 12.9. The highest BCUT2D eigenvalue weighted by Gasteiger charge is 2.21. The Bertz CT molecular complexity index is 602. The summed E-state index contributed by atoms with van der Waals surface area (Å²) in [6.45, 7) is 0. The molecule has 2 heterocycles. The molecule has 102 valence electrons. The summed E-state index contributed by atoms with van der Waals surface area (Å²) in [6.07, 6.45) is 1.80. The maximum atomic E-state index is 5.87. The maximum absolute atomic E-state index is 5.87. The minimum absolute atomic E-state index is 0.115. The van der Waals surface area contributed by atoms with Gasteiger partial charge in [-0.3, -0.25) is 10.4 Å². The van der Waals surface area contributed by atoms with Crippen LogP contribution in [0.25, 0.3) is 0 Å². The van der Waals surface area contributed by atoms with Crippen LogP contribution in [0.1, 0.15) is 16.6 Å². The molecule has 0 spiro atoms. The first-order valence-electron chi connectivity index (χ1n) is 6.09. The first-order chi connectivity index (χ1) is 9.81. The molecule has 20 heavy (non-hydrogen) atoms. The van der Waals surface area contributed by atoms with Gasteiger partial charge in [-0.25, -0.2) is 0 Å². The molecule has 1 aromatic carbocycles. The number of aromatic nitrogens is 1. The van der Waals surface area contributed by atoms with Gasteiger partial charge in [0.1, 0.15) is 5.37 Å². The van der Waals surface area contributed by atoms with E-state index in [-0.39, 0.29) is 5.37 Å². The van der Waals surface area contributed by atoms with Crippen LogP contribution in [0.4, 0.5) is 0 Å². The minimum Gasteiger partial charge on any atom is -0.289 e. The Hall–Kier alpha value is -1.17. The van der Waals surface area contributed by atoms with Crippen LogP contribution < -0.4 is 5.43 Å². The van der Waals surface area contributed by atoms with E-state index >= 15 is 0 Å². The number of hydrazone groups is 1. The first kappa shape index (κ1) is 13.8. The molecule has 0 saturated carbocycles. The molecular formula is C14H12ClN3S2. The van der Waals surface area contributed by atoms with E-state index in [4.69, 9.17) is 11.6 Å². The highest BCUT2D eigenvalue weighted by Crippen LogP contribution is 2.35. The van der Waals surface area contributed by atoms with Gasteiger partial charge in [0.2, 0.25) is 0 Å². The van der Waals surface area contributed by atoms with Crippen molar-refractivity contribution < 1.29 is 0 Å². The van der Waals surface area contributed by atoms with Gasteiger partial charge < -0.3 is 0 Å². The molecular weight excluding hydrogens is 310 g/mol. The summed E-state index contributed by atoms with van der Waals surface area (Å²) < 4.78 is 1.04. The van der Waals surface area contributed by atoms with Crippen molar-refractivity contribution in [2.75, 3.05) is 0 Å². The van der Waals surface area contributed by atoms with E-state index in [2.05, 4.69) is 15.5 Å². The second kappa shape index (κ2) is 6.52. The van der Waals surface area contributed by atoms with Gasteiger partial charge in [0.05, 0.1) is 5.69 Å². The Morgan fingerprint density at radius 2 is 2.05 bits per heavy atom. The molecule has 1 aliphatic heterocycles. The monoisotopic (exact) mass is 321 g/mol. The minimum atomic E-state index is 0.115. The molecule has 0 bridgehead atoms. The van der Waals surface area contributed by atoms with Gasteiger partial charge >= 0.3 is 0 Å². The molecule has 0 amide bonds. The number of hydrogen-bond acceptors (Lipinski definition) is 5. The topological polar surface area (TPSA) is 37.3 Å². The summed E-state index contributed by atoms with van der Waals surface area (Å²) in [5.74, 6) is 0.889. The summed E-state index contributed by atoms with van der Waals surface area (Å²) in [5.41, 5.74) is 5.36. The fraction of sp³-hybridized carbons (Fsp3) is 0.143. The maximum Gasteiger partial charge on any atom is 0.152 e. The molecule has 0 saturated heterocycles. The third-order valence-electron chi connectivity index (χ3n) is 2.72. The largest absolute Gasteiger partial charge is 0.289 e. The fourth-order valence-electron chi connectivity index (χ4n) is 1.71. The quantitative estimate of drug-likeness (QED) is 0.915. The van der Waals surface area contributed by atoms with Gasteiger partial charge in [-0.1, -0.05) is 53.3 Å². The third kappa shape index (κ3) is 3.48. The molecule has 0 aliphatic carbocycles. The van der Waals surface area contributed by atoms with Gasteiger partial charge in [0.15, 0.2) is 4.38 Å². The van der Waals surface area contributed by atoms with Crippen molar-refractivity contribution in [2.24, 2.45) is 5.10 Å². The van der Waals surface area contributed by atoms with Crippen LogP contribution in [0.5, 0.6) is 0 Å². The number of hydrogen-bond donors (Lipinski definition) is 1. The fourth-order valence-corrected chi connectivity index (χ4v) is 3.85. The van der Waals surface area contributed by atoms with Gasteiger partial charge in [-0.05, 0) is 29.8 Å². The molecule has 1 aromatic heterocycles. The molecule has 1 aliphatic rings. The van der Waals surface area contributed by atoms with Crippen molar-refractivity contribution in [1.29, 1.82) is 0 Å². The normalized spacial score (nSPS) is 17.6. The molecule has 3 rings (SSSR count). The second-order valence-corrected chi connectivity index (χ2v) is 6.93. The number of halogens is 1. The Balaban J connectivity index is 1.54. The summed E-state index contributed by atoms with van der Waals surface area (Å²) in [5, 5.41) is 5.23. The third-order valence-corrected chi connectivity index (χ3v) is 5.31. The summed E-state index contributed by atoms with van der Waals surface area (Å²) >= 11 is 9.29. The number of thioether (sulfide) groups is 2. The zero-order chi connectivity index (χ0) is 13.8. The summed E-state index contributed by atoms with van der Waals surface area (Å²) in [6, 6.07) is 13.8. The summed E-state index contributed by atoms with van der Waals surface area (Å²) in [4.78, 5) is 4.34. The van der Waals surface area contributed by atoms with Crippen LogP contribution in [0.15, 0.2) is 53.8 Å². The standard InChI is InChI=1S/C14H12ClN3S2/c15-11-6-4-10(5-7-11)9-19-14-18-17-13(20-14)12-3-1-2-8-16-12/h1-8,13,17H,9H2/t13-/m1/s1. The predicted molar refractivity (Wildman–Crippen MR) is 87.9 cm³/mol. The highest BCUT2D eigenvalue weighted by atomic mass is 35.5. The number of nitrogens with zero attached hydrogens (tertiary/aromatic N) is 2. The average Bonchev–Trinajstić information content (AvgIpc) is 2.97. The van der Waals surface area contributed by atoms with Crippen molar-refractivity contribution in [3.05, 3.63) is 64.9 Å². The van der Waals surface area contributed by atoms with Crippen molar-refractivity contribution in [1.82, 2.24) is 10.4 Å². The predicted octanol–water partition coefficient (Wildman–Crippen LogP) is 4.27. The lowest BCUT2D eigenvalue weighted by Gasteiger charge is -2.07. The Labute approximate surface area is 131 Å². The number of benzene rings is 1. The lowest BCUT2D eigenvalue weighted by molar-refractivity contribution is 0.725. The molecule has 3 nitrogen and oxygen atoms in total.